The molecule has 156 valence electrons. The molecule has 0 saturated carbocycles. The third-order valence-electron chi connectivity index (χ3n) is 4.85. The van der Waals surface area contributed by atoms with Crippen LogP contribution in [-0.4, -0.2) is 27.4 Å². The Morgan fingerprint density at radius 3 is 2.61 bits per heavy atom. The Bertz CT molecular complexity index is 1210. The Hall–Kier alpha value is -3.65. The maximum Gasteiger partial charge on any atom is 0.273 e. The van der Waals surface area contributed by atoms with Gasteiger partial charge in [0.25, 0.3) is 11.6 Å². The molecule has 1 aliphatic heterocycles. The number of para-hydroxylation sites is 1. The molecule has 0 atom stereocenters. The third kappa shape index (κ3) is 4.15. The van der Waals surface area contributed by atoms with Crippen LogP contribution in [0.15, 0.2) is 75.0 Å². The van der Waals surface area contributed by atoms with E-state index >= 15 is 0 Å². The Labute approximate surface area is 183 Å². The number of benzene rings is 2. The number of nitrogens with zero attached hydrogens (tertiary/aromatic N) is 3. The van der Waals surface area contributed by atoms with Crippen LogP contribution in [-0.2, 0) is 4.79 Å². The number of hydrogen-bond acceptors (Lipinski definition) is 6. The van der Waals surface area contributed by atoms with E-state index in [9.17, 15) is 14.9 Å². The van der Waals surface area contributed by atoms with Crippen LogP contribution in [0.3, 0.4) is 0 Å². The molecule has 4 rings (SSSR count). The predicted octanol–water partition coefficient (Wildman–Crippen LogP) is 5.79. The minimum Gasteiger partial charge on any atom is -0.457 e. The molecule has 0 aliphatic carbocycles. The van der Waals surface area contributed by atoms with Crippen LogP contribution >= 0.6 is 11.8 Å². The van der Waals surface area contributed by atoms with Crippen LogP contribution in [0.25, 0.3) is 17.4 Å². The highest BCUT2D eigenvalue weighted by Gasteiger charge is 2.32. The number of carbonyl (C=O) groups excluding carboxylic acids is 1. The number of hydrogen-bond donors (Lipinski definition) is 0. The normalized spacial score (nSPS) is 16.5. The number of aliphatic imine (C=N–C) groups is 1. The van der Waals surface area contributed by atoms with E-state index in [0.29, 0.717) is 39.3 Å². The lowest BCUT2D eigenvalue weighted by Crippen LogP contribution is -2.28. The summed E-state index contributed by atoms with van der Waals surface area (Å²) in [7, 11) is 0. The largest absolute Gasteiger partial charge is 0.457 e. The van der Waals surface area contributed by atoms with Crippen molar-refractivity contribution in [3.05, 3.63) is 87.0 Å². The molecular weight excluding hydrogens is 414 g/mol. The zero-order valence-corrected chi connectivity index (χ0v) is 17.8. The van der Waals surface area contributed by atoms with Gasteiger partial charge in [-0.15, -0.1) is 0 Å². The third-order valence-corrected chi connectivity index (χ3v) is 5.86. The van der Waals surface area contributed by atoms with Crippen LogP contribution in [0, 0.1) is 17.0 Å². The van der Waals surface area contributed by atoms with Gasteiger partial charge in [-0.1, -0.05) is 30.3 Å². The van der Waals surface area contributed by atoms with Crippen molar-refractivity contribution in [2.75, 3.05) is 6.54 Å². The summed E-state index contributed by atoms with van der Waals surface area (Å²) in [4.78, 5) is 30.4. The second-order valence-electron chi connectivity index (χ2n) is 6.80. The van der Waals surface area contributed by atoms with E-state index in [4.69, 9.17) is 4.42 Å². The van der Waals surface area contributed by atoms with Gasteiger partial charge in [-0.3, -0.25) is 19.8 Å². The number of amides is 1. The number of furan rings is 1. The Kier molecular flexibility index (Phi) is 5.73. The molecule has 0 unspecified atom stereocenters. The molecule has 0 radical (unpaired) electrons. The summed E-state index contributed by atoms with van der Waals surface area (Å²) < 4.78 is 5.90. The SMILES string of the molecule is CCN1C(=O)/C(=C\c2ccc(-c3cccc([N+](=O)[O-])c3C)o2)SC1=Nc1ccccc1. The van der Waals surface area contributed by atoms with Crippen molar-refractivity contribution in [3.63, 3.8) is 0 Å². The average Bonchev–Trinajstić information content (AvgIpc) is 3.33. The Balaban J connectivity index is 1.64. The lowest BCUT2D eigenvalue weighted by atomic mass is 10.1. The molecule has 2 heterocycles. The molecule has 31 heavy (non-hydrogen) atoms. The van der Waals surface area contributed by atoms with Gasteiger partial charge in [0.2, 0.25) is 0 Å². The lowest BCUT2D eigenvalue weighted by molar-refractivity contribution is -0.385. The first-order chi connectivity index (χ1) is 15.0. The number of rotatable bonds is 5. The van der Waals surface area contributed by atoms with Crippen molar-refractivity contribution in [1.29, 1.82) is 0 Å². The summed E-state index contributed by atoms with van der Waals surface area (Å²) in [6.45, 7) is 4.10. The molecule has 0 bridgehead atoms. The number of nitro groups is 1. The van der Waals surface area contributed by atoms with E-state index in [1.165, 1.54) is 17.8 Å². The smallest absolute Gasteiger partial charge is 0.273 e. The molecule has 0 spiro atoms. The van der Waals surface area contributed by atoms with E-state index in [-0.39, 0.29) is 11.6 Å². The zero-order valence-electron chi connectivity index (χ0n) is 16.9. The van der Waals surface area contributed by atoms with E-state index < -0.39 is 4.92 Å². The van der Waals surface area contributed by atoms with Crippen molar-refractivity contribution >= 4 is 40.3 Å². The van der Waals surface area contributed by atoms with E-state index in [1.54, 1.807) is 42.2 Å². The van der Waals surface area contributed by atoms with Crippen molar-refractivity contribution in [2.24, 2.45) is 4.99 Å². The number of likely N-dealkylation sites (N-methyl/N-ethyl adjacent to an activating group) is 1. The van der Waals surface area contributed by atoms with Crippen molar-refractivity contribution in [2.45, 2.75) is 13.8 Å². The molecule has 3 aromatic rings. The highest BCUT2D eigenvalue weighted by atomic mass is 32.2. The first kappa shape index (κ1) is 20.6. The second kappa shape index (κ2) is 8.61. The van der Waals surface area contributed by atoms with Crippen LogP contribution in [0.5, 0.6) is 0 Å². The highest BCUT2D eigenvalue weighted by molar-refractivity contribution is 8.18. The highest BCUT2D eigenvalue weighted by Crippen LogP contribution is 2.36. The van der Waals surface area contributed by atoms with Crippen LogP contribution in [0.4, 0.5) is 11.4 Å². The maximum atomic E-state index is 12.8. The average molecular weight is 433 g/mol. The van der Waals surface area contributed by atoms with Crippen LogP contribution in [0.1, 0.15) is 18.2 Å². The van der Waals surface area contributed by atoms with Gasteiger partial charge in [0.05, 0.1) is 15.5 Å². The van der Waals surface area contributed by atoms with Gasteiger partial charge in [-0.2, -0.15) is 0 Å². The predicted molar refractivity (Wildman–Crippen MR) is 122 cm³/mol. The van der Waals surface area contributed by atoms with Crippen LogP contribution in [0.2, 0.25) is 0 Å². The first-order valence-corrected chi connectivity index (χ1v) is 10.5. The van der Waals surface area contributed by atoms with E-state index in [2.05, 4.69) is 4.99 Å². The topological polar surface area (TPSA) is 89.0 Å². The minimum absolute atomic E-state index is 0.0377. The fraction of sp³-hybridized carbons (Fsp3) is 0.130. The summed E-state index contributed by atoms with van der Waals surface area (Å²) in [5.41, 5.74) is 1.99. The van der Waals surface area contributed by atoms with E-state index in [1.807, 2.05) is 37.3 Å². The lowest BCUT2D eigenvalue weighted by Gasteiger charge is -2.11. The number of nitro benzene ring substituents is 1. The molecule has 1 fully saturated rings. The summed E-state index contributed by atoms with van der Waals surface area (Å²) in [5, 5.41) is 11.8. The second-order valence-corrected chi connectivity index (χ2v) is 7.81. The standard InChI is InChI=1S/C23H19N3O4S/c1-3-25-22(27)21(31-23(25)24-16-8-5-4-6-9-16)14-17-12-13-20(30-17)18-10-7-11-19(15(18)2)26(28)29/h4-14H,3H2,1-2H3/b21-14+,24-23?. The molecule has 1 saturated heterocycles. The van der Waals surface area contributed by atoms with Gasteiger partial charge in [0.1, 0.15) is 11.5 Å². The monoisotopic (exact) mass is 433 g/mol. The number of thioether (sulfide) groups is 1. The molecule has 1 amide bonds. The van der Waals surface area contributed by atoms with Gasteiger partial charge in [0.15, 0.2) is 5.17 Å². The maximum absolute atomic E-state index is 12.8. The molecule has 8 heteroatoms. The van der Waals surface area contributed by atoms with Gasteiger partial charge < -0.3 is 4.42 Å². The molecular formula is C23H19N3O4S. The Morgan fingerprint density at radius 1 is 1.13 bits per heavy atom. The number of carbonyl (C=O) groups is 1. The fourth-order valence-electron chi connectivity index (χ4n) is 3.28. The molecule has 1 aliphatic rings. The summed E-state index contributed by atoms with van der Waals surface area (Å²) in [6.07, 6.45) is 1.68. The van der Waals surface area contributed by atoms with Crippen molar-refractivity contribution in [3.8, 4) is 11.3 Å². The Morgan fingerprint density at radius 2 is 1.90 bits per heavy atom. The van der Waals surface area contributed by atoms with Gasteiger partial charge >= 0.3 is 0 Å². The number of amidine groups is 1. The quantitative estimate of drug-likeness (QED) is 0.289. The summed E-state index contributed by atoms with van der Waals surface area (Å²) in [5.74, 6) is 0.870. The van der Waals surface area contributed by atoms with Crippen molar-refractivity contribution < 1.29 is 14.1 Å². The summed E-state index contributed by atoms with van der Waals surface area (Å²) in [6, 6.07) is 17.8. The van der Waals surface area contributed by atoms with Gasteiger partial charge in [0, 0.05) is 29.8 Å². The molecule has 2 aromatic carbocycles. The zero-order chi connectivity index (χ0) is 22.0. The van der Waals surface area contributed by atoms with Gasteiger partial charge in [-0.05, 0) is 49.9 Å². The fourth-order valence-corrected chi connectivity index (χ4v) is 4.32. The van der Waals surface area contributed by atoms with Gasteiger partial charge in [-0.25, -0.2) is 4.99 Å². The van der Waals surface area contributed by atoms with Crippen molar-refractivity contribution in [1.82, 2.24) is 4.90 Å². The molecule has 0 N–H and O–H groups in total. The minimum atomic E-state index is -0.411. The first-order valence-electron chi connectivity index (χ1n) is 9.67. The summed E-state index contributed by atoms with van der Waals surface area (Å²) >= 11 is 1.29. The molecule has 1 aromatic heterocycles. The molecule has 7 nitrogen and oxygen atoms in total. The van der Waals surface area contributed by atoms with Crippen LogP contribution < -0.4 is 0 Å². The van der Waals surface area contributed by atoms with E-state index in [0.717, 1.165) is 5.69 Å².